The van der Waals surface area contributed by atoms with Crippen LogP contribution in [-0.4, -0.2) is 23.8 Å². The van der Waals surface area contributed by atoms with Gasteiger partial charge in [0, 0.05) is 17.7 Å². The molecule has 0 amide bonds. The van der Waals surface area contributed by atoms with Crippen molar-refractivity contribution in [1.29, 1.82) is 0 Å². The predicted octanol–water partition coefficient (Wildman–Crippen LogP) is 1.58. The average molecular weight is 217 g/mol. The molecule has 1 unspecified atom stereocenters. The molecule has 0 fully saturated rings. The molecule has 0 aromatic heterocycles. The number of phenolic OH excluding ortho intramolecular Hbond substituents is 1. The molecule has 0 aliphatic rings. The number of benzene rings is 1. The molecule has 0 saturated carbocycles. The van der Waals surface area contributed by atoms with Crippen LogP contribution < -0.4 is 5.32 Å². The molecule has 0 aliphatic heterocycles. The predicted molar refractivity (Wildman–Crippen MR) is 52.0 cm³/mol. The van der Waals surface area contributed by atoms with Gasteiger partial charge in [0.25, 0.3) is 6.43 Å². The molecule has 0 saturated heterocycles. The van der Waals surface area contributed by atoms with Gasteiger partial charge in [-0.25, -0.2) is 8.78 Å². The van der Waals surface area contributed by atoms with Crippen molar-refractivity contribution >= 4 is 0 Å². The lowest BCUT2D eigenvalue weighted by atomic mass is 10.0. The van der Waals surface area contributed by atoms with E-state index in [0.29, 0.717) is 0 Å². The van der Waals surface area contributed by atoms with Gasteiger partial charge in [0.05, 0.1) is 6.10 Å². The maximum absolute atomic E-state index is 12.3. The summed E-state index contributed by atoms with van der Waals surface area (Å²) in [4.78, 5) is 0. The van der Waals surface area contributed by atoms with Crippen molar-refractivity contribution in [3.63, 3.8) is 0 Å². The molecule has 3 nitrogen and oxygen atoms in total. The zero-order valence-electron chi connectivity index (χ0n) is 8.24. The highest BCUT2D eigenvalue weighted by molar-refractivity contribution is 5.38. The van der Waals surface area contributed by atoms with Gasteiger partial charge in [-0.15, -0.1) is 0 Å². The van der Waals surface area contributed by atoms with E-state index in [0.717, 1.165) is 18.2 Å². The summed E-state index contributed by atoms with van der Waals surface area (Å²) in [7, 11) is 1.62. The van der Waals surface area contributed by atoms with E-state index in [2.05, 4.69) is 5.32 Å². The van der Waals surface area contributed by atoms with Gasteiger partial charge in [0.2, 0.25) is 0 Å². The third kappa shape index (κ3) is 2.87. The van der Waals surface area contributed by atoms with Gasteiger partial charge >= 0.3 is 0 Å². The van der Waals surface area contributed by atoms with Gasteiger partial charge in [-0.3, -0.25) is 0 Å². The summed E-state index contributed by atoms with van der Waals surface area (Å²) in [6.45, 7) is 0.195. The van der Waals surface area contributed by atoms with Crippen molar-refractivity contribution in [2.45, 2.75) is 12.5 Å². The SMILES string of the molecule is CNCC(O)c1cc(C(F)F)ccc1O. The van der Waals surface area contributed by atoms with E-state index in [9.17, 15) is 19.0 Å². The van der Waals surface area contributed by atoms with Gasteiger partial charge < -0.3 is 15.5 Å². The lowest BCUT2D eigenvalue weighted by molar-refractivity contribution is 0.149. The Morgan fingerprint density at radius 3 is 2.60 bits per heavy atom. The lowest BCUT2D eigenvalue weighted by Gasteiger charge is -2.13. The molecule has 1 rings (SSSR count). The van der Waals surface area contributed by atoms with Crippen LogP contribution in [0.3, 0.4) is 0 Å². The van der Waals surface area contributed by atoms with Crippen LogP contribution in [0.2, 0.25) is 0 Å². The summed E-state index contributed by atoms with van der Waals surface area (Å²) in [5, 5.41) is 21.6. The normalized spacial score (nSPS) is 13.1. The Morgan fingerprint density at radius 1 is 1.40 bits per heavy atom. The molecule has 0 radical (unpaired) electrons. The minimum atomic E-state index is -2.61. The van der Waals surface area contributed by atoms with Crippen LogP contribution in [0.1, 0.15) is 23.7 Å². The minimum absolute atomic E-state index is 0.113. The first-order valence-electron chi connectivity index (χ1n) is 4.50. The van der Waals surface area contributed by atoms with Gasteiger partial charge in [0.15, 0.2) is 0 Å². The van der Waals surface area contributed by atoms with Crippen LogP contribution in [0.4, 0.5) is 8.78 Å². The first-order chi connectivity index (χ1) is 7.06. The maximum Gasteiger partial charge on any atom is 0.263 e. The summed E-state index contributed by atoms with van der Waals surface area (Å²) in [6.07, 6.45) is -3.60. The molecule has 84 valence electrons. The van der Waals surface area contributed by atoms with E-state index in [1.54, 1.807) is 7.05 Å². The number of halogens is 2. The van der Waals surface area contributed by atoms with Crippen molar-refractivity contribution in [2.24, 2.45) is 0 Å². The Morgan fingerprint density at radius 2 is 2.07 bits per heavy atom. The molecule has 0 spiro atoms. The number of phenols is 1. The molecule has 0 bridgehead atoms. The van der Waals surface area contributed by atoms with E-state index < -0.39 is 12.5 Å². The fraction of sp³-hybridized carbons (Fsp3) is 0.400. The molecule has 0 aliphatic carbocycles. The molecule has 0 heterocycles. The molecule has 5 heteroatoms. The Labute approximate surface area is 86.4 Å². The van der Waals surface area contributed by atoms with Crippen LogP contribution in [0, 0.1) is 0 Å². The number of aliphatic hydroxyl groups excluding tert-OH is 1. The summed E-state index contributed by atoms with van der Waals surface area (Å²) in [5.41, 5.74) is -0.0971. The zero-order valence-corrected chi connectivity index (χ0v) is 8.24. The van der Waals surface area contributed by atoms with Crippen LogP contribution >= 0.6 is 0 Å². The van der Waals surface area contributed by atoms with E-state index in [4.69, 9.17) is 0 Å². The van der Waals surface area contributed by atoms with Crippen molar-refractivity contribution in [3.8, 4) is 5.75 Å². The Hall–Kier alpha value is -1.20. The number of aliphatic hydroxyl groups is 1. The number of hydrogen-bond donors (Lipinski definition) is 3. The highest BCUT2D eigenvalue weighted by Gasteiger charge is 2.15. The number of aromatic hydroxyl groups is 1. The minimum Gasteiger partial charge on any atom is -0.508 e. The molecule has 3 N–H and O–H groups in total. The van der Waals surface area contributed by atoms with E-state index in [1.165, 1.54) is 0 Å². The van der Waals surface area contributed by atoms with E-state index >= 15 is 0 Å². The largest absolute Gasteiger partial charge is 0.508 e. The number of hydrogen-bond acceptors (Lipinski definition) is 3. The van der Waals surface area contributed by atoms with Crippen LogP contribution in [0.15, 0.2) is 18.2 Å². The molecule has 1 aromatic rings. The maximum atomic E-state index is 12.3. The fourth-order valence-electron chi connectivity index (χ4n) is 1.28. The second kappa shape index (κ2) is 5.04. The van der Waals surface area contributed by atoms with Gasteiger partial charge in [-0.1, -0.05) is 0 Å². The number of likely N-dealkylation sites (N-methyl/N-ethyl adjacent to an activating group) is 1. The number of rotatable bonds is 4. The van der Waals surface area contributed by atoms with Crippen molar-refractivity contribution in [3.05, 3.63) is 29.3 Å². The Bertz CT molecular complexity index is 331. The second-order valence-electron chi connectivity index (χ2n) is 3.19. The first kappa shape index (κ1) is 11.9. The van der Waals surface area contributed by atoms with Gasteiger partial charge in [-0.2, -0.15) is 0 Å². The van der Waals surface area contributed by atoms with Crippen LogP contribution in [0.25, 0.3) is 0 Å². The summed E-state index contributed by atoms with van der Waals surface area (Å²) >= 11 is 0. The fourth-order valence-corrected chi connectivity index (χ4v) is 1.28. The quantitative estimate of drug-likeness (QED) is 0.717. The smallest absolute Gasteiger partial charge is 0.263 e. The molecule has 1 aromatic carbocycles. The Kier molecular flexibility index (Phi) is 3.99. The first-order valence-corrected chi connectivity index (χ1v) is 4.50. The lowest BCUT2D eigenvalue weighted by Crippen LogP contribution is -2.16. The Balaban J connectivity index is 2.99. The van der Waals surface area contributed by atoms with Crippen molar-refractivity contribution < 1.29 is 19.0 Å². The summed E-state index contributed by atoms with van der Waals surface area (Å²) in [6, 6.07) is 3.41. The highest BCUT2D eigenvalue weighted by Crippen LogP contribution is 2.29. The standard InChI is InChI=1S/C10H13F2NO2/c1-13-5-9(15)7-4-6(10(11)12)2-3-8(7)14/h2-4,9-10,13-15H,5H2,1H3. The second-order valence-corrected chi connectivity index (χ2v) is 3.19. The van der Waals surface area contributed by atoms with Gasteiger partial charge in [0.1, 0.15) is 5.75 Å². The van der Waals surface area contributed by atoms with Gasteiger partial charge in [-0.05, 0) is 25.2 Å². The van der Waals surface area contributed by atoms with E-state index in [1.807, 2.05) is 0 Å². The average Bonchev–Trinajstić information content (AvgIpc) is 2.18. The molecular formula is C10H13F2NO2. The van der Waals surface area contributed by atoms with Crippen LogP contribution in [0.5, 0.6) is 5.75 Å². The summed E-state index contributed by atoms with van der Waals surface area (Å²) < 4.78 is 24.7. The van der Waals surface area contributed by atoms with Crippen LogP contribution in [-0.2, 0) is 0 Å². The monoisotopic (exact) mass is 217 g/mol. The van der Waals surface area contributed by atoms with Crippen molar-refractivity contribution in [1.82, 2.24) is 5.32 Å². The third-order valence-corrected chi connectivity index (χ3v) is 2.06. The highest BCUT2D eigenvalue weighted by atomic mass is 19.3. The van der Waals surface area contributed by atoms with E-state index in [-0.39, 0.29) is 23.4 Å². The molecule has 15 heavy (non-hydrogen) atoms. The van der Waals surface area contributed by atoms with Crippen molar-refractivity contribution in [2.75, 3.05) is 13.6 Å². The number of alkyl halides is 2. The zero-order chi connectivity index (χ0) is 11.4. The molecular weight excluding hydrogens is 204 g/mol. The third-order valence-electron chi connectivity index (χ3n) is 2.06. The summed E-state index contributed by atoms with van der Waals surface area (Å²) in [5.74, 6) is -0.179. The molecule has 1 atom stereocenters. The number of nitrogens with one attached hydrogen (secondary N) is 1. The topological polar surface area (TPSA) is 52.5 Å².